The van der Waals surface area contributed by atoms with Gasteiger partial charge in [0.15, 0.2) is 6.61 Å². The summed E-state index contributed by atoms with van der Waals surface area (Å²) in [4.78, 5) is 24.0. The summed E-state index contributed by atoms with van der Waals surface area (Å²) in [5.41, 5.74) is 6.73. The lowest BCUT2D eigenvalue weighted by Gasteiger charge is -2.26. The van der Waals surface area contributed by atoms with Crippen molar-refractivity contribution in [2.45, 2.75) is 31.7 Å². The third kappa shape index (κ3) is 5.11. The Morgan fingerprint density at radius 2 is 1.89 bits per heavy atom. The maximum Gasteiger partial charge on any atom is 0.343 e. The number of rotatable bonds is 5. The second-order valence-electron chi connectivity index (χ2n) is 6.63. The molecule has 2 unspecified atom stereocenters. The number of halogens is 1. The molecule has 1 aliphatic rings. The van der Waals surface area contributed by atoms with Crippen molar-refractivity contribution in [1.82, 2.24) is 0 Å². The molecule has 0 aromatic heterocycles. The number of ether oxygens (including phenoxy) is 2. The summed E-state index contributed by atoms with van der Waals surface area (Å²) >= 11 is 0. The number of methoxy groups -OCH3 is 1. The number of carbonyl (C=O) groups is 2. The predicted molar refractivity (Wildman–Crippen MR) is 107 cm³/mol. The summed E-state index contributed by atoms with van der Waals surface area (Å²) in [7, 11) is 1.32. The van der Waals surface area contributed by atoms with Crippen LogP contribution in [0.25, 0.3) is 10.8 Å². The minimum atomic E-state index is -0.444. The molecule has 1 aliphatic carbocycles. The number of nitrogens with one attached hydrogen (secondary N) is 1. The zero-order valence-electron chi connectivity index (χ0n) is 15.3. The number of fused-ring (bicyclic) bond motifs is 1. The highest BCUT2D eigenvalue weighted by molar-refractivity contribution is 6.04. The van der Waals surface area contributed by atoms with E-state index in [1.54, 1.807) is 12.1 Å². The van der Waals surface area contributed by atoms with Crippen LogP contribution < -0.4 is 15.8 Å². The van der Waals surface area contributed by atoms with E-state index in [4.69, 9.17) is 10.5 Å². The Balaban J connectivity index is 0.00000261. The summed E-state index contributed by atoms with van der Waals surface area (Å²) in [6.07, 6.45) is 3.57. The molecule has 6 nitrogen and oxygen atoms in total. The number of carbonyl (C=O) groups excluding carboxylic acids is 2. The number of amides is 1. The number of hydrogen-bond acceptors (Lipinski definition) is 5. The van der Waals surface area contributed by atoms with Gasteiger partial charge in [-0.15, -0.1) is 12.4 Å². The predicted octanol–water partition coefficient (Wildman–Crippen LogP) is 3.27. The Labute approximate surface area is 164 Å². The summed E-state index contributed by atoms with van der Waals surface area (Å²) in [6, 6.07) is 11.3. The third-order valence-electron chi connectivity index (χ3n) is 4.80. The van der Waals surface area contributed by atoms with Gasteiger partial charge < -0.3 is 20.5 Å². The van der Waals surface area contributed by atoms with E-state index in [1.807, 2.05) is 24.3 Å². The van der Waals surface area contributed by atoms with Crippen molar-refractivity contribution in [3.05, 3.63) is 36.4 Å². The molecule has 146 valence electrons. The van der Waals surface area contributed by atoms with E-state index in [9.17, 15) is 9.59 Å². The van der Waals surface area contributed by atoms with Gasteiger partial charge in [-0.05, 0) is 31.4 Å². The van der Waals surface area contributed by atoms with Crippen molar-refractivity contribution < 1.29 is 19.1 Å². The second kappa shape index (κ2) is 9.58. The van der Waals surface area contributed by atoms with Crippen LogP contribution in [-0.2, 0) is 14.3 Å². The van der Waals surface area contributed by atoms with Crippen LogP contribution in [0.5, 0.6) is 5.75 Å². The van der Waals surface area contributed by atoms with Gasteiger partial charge in [-0.1, -0.05) is 30.7 Å². The first-order chi connectivity index (χ1) is 12.6. The van der Waals surface area contributed by atoms with Crippen LogP contribution in [0.3, 0.4) is 0 Å². The Morgan fingerprint density at radius 3 is 2.59 bits per heavy atom. The van der Waals surface area contributed by atoms with E-state index in [1.165, 1.54) is 7.11 Å². The fourth-order valence-corrected chi connectivity index (χ4v) is 3.40. The van der Waals surface area contributed by atoms with E-state index in [-0.39, 0.29) is 36.9 Å². The first kappa shape index (κ1) is 21.0. The maximum atomic E-state index is 12.6. The van der Waals surface area contributed by atoms with Gasteiger partial charge >= 0.3 is 5.97 Å². The highest BCUT2D eigenvalue weighted by Crippen LogP contribution is 2.33. The summed E-state index contributed by atoms with van der Waals surface area (Å²) in [6.45, 7) is -0.161. The maximum absolute atomic E-state index is 12.6. The van der Waals surface area contributed by atoms with Gasteiger partial charge in [-0.25, -0.2) is 4.79 Å². The molecule has 1 fully saturated rings. The number of esters is 1. The zero-order chi connectivity index (χ0) is 18.5. The fraction of sp³-hybridized carbons (Fsp3) is 0.400. The lowest BCUT2D eigenvalue weighted by Crippen LogP contribution is -2.34. The van der Waals surface area contributed by atoms with Crippen molar-refractivity contribution in [2.24, 2.45) is 11.7 Å². The molecule has 3 N–H and O–H groups in total. The van der Waals surface area contributed by atoms with Crippen LogP contribution >= 0.6 is 12.4 Å². The fourth-order valence-electron chi connectivity index (χ4n) is 3.40. The van der Waals surface area contributed by atoms with Crippen molar-refractivity contribution >= 4 is 40.7 Å². The molecule has 0 spiro atoms. The lowest BCUT2D eigenvalue weighted by molar-refractivity contribution is -0.142. The summed E-state index contributed by atoms with van der Waals surface area (Å²) < 4.78 is 10.2. The Kier molecular flexibility index (Phi) is 7.45. The molecule has 27 heavy (non-hydrogen) atoms. The van der Waals surface area contributed by atoms with Crippen molar-refractivity contribution in [1.29, 1.82) is 0 Å². The molecular formula is C20H25ClN2O4. The van der Waals surface area contributed by atoms with Gasteiger partial charge in [-0.3, -0.25) is 4.79 Å². The number of nitrogens with two attached hydrogens (primary N) is 1. The molecule has 1 amide bonds. The monoisotopic (exact) mass is 392 g/mol. The molecule has 1 saturated carbocycles. The molecule has 2 atom stereocenters. The molecule has 0 radical (unpaired) electrons. The summed E-state index contributed by atoms with van der Waals surface area (Å²) in [5, 5.41) is 4.73. The smallest absolute Gasteiger partial charge is 0.343 e. The topological polar surface area (TPSA) is 90.6 Å². The molecule has 2 aromatic rings. The quantitative estimate of drug-likeness (QED) is 0.762. The van der Waals surface area contributed by atoms with Crippen LogP contribution in [0, 0.1) is 5.92 Å². The van der Waals surface area contributed by atoms with Crippen LogP contribution in [0.4, 0.5) is 5.69 Å². The van der Waals surface area contributed by atoms with E-state index >= 15 is 0 Å². The molecule has 0 aliphatic heterocycles. The van der Waals surface area contributed by atoms with Crippen LogP contribution in [0.1, 0.15) is 25.7 Å². The molecule has 0 heterocycles. The first-order valence-corrected chi connectivity index (χ1v) is 8.86. The average molecular weight is 393 g/mol. The first-order valence-electron chi connectivity index (χ1n) is 8.86. The molecule has 2 aromatic carbocycles. The van der Waals surface area contributed by atoms with Gasteiger partial charge in [0.2, 0.25) is 5.91 Å². The van der Waals surface area contributed by atoms with Gasteiger partial charge in [0.1, 0.15) is 5.75 Å². The number of anilines is 1. The SMILES string of the molecule is COC(=O)COc1ccc(NC(=O)C2CCCC(N)C2)c2ccccc12.Cl. The van der Waals surface area contributed by atoms with Crippen LogP contribution in [0.2, 0.25) is 0 Å². The highest BCUT2D eigenvalue weighted by Gasteiger charge is 2.25. The largest absolute Gasteiger partial charge is 0.481 e. The Hall–Kier alpha value is -2.31. The molecule has 0 saturated heterocycles. The van der Waals surface area contributed by atoms with Gasteiger partial charge in [0.25, 0.3) is 0 Å². The van der Waals surface area contributed by atoms with Crippen molar-refractivity contribution in [2.75, 3.05) is 19.0 Å². The number of benzene rings is 2. The van der Waals surface area contributed by atoms with Crippen LogP contribution in [0.15, 0.2) is 36.4 Å². The van der Waals surface area contributed by atoms with E-state index in [0.717, 1.165) is 42.1 Å². The standard InChI is InChI=1S/C20H24N2O4.ClH/c1-25-19(23)12-26-18-10-9-17(15-7-2-3-8-16(15)18)22-20(24)13-5-4-6-14(21)11-13;/h2-3,7-10,13-14H,4-6,11-12,21H2,1H3,(H,22,24);1H. The van der Waals surface area contributed by atoms with Crippen molar-refractivity contribution in [3.8, 4) is 5.75 Å². The van der Waals surface area contributed by atoms with Gasteiger partial charge in [0, 0.05) is 28.4 Å². The van der Waals surface area contributed by atoms with Crippen LogP contribution in [-0.4, -0.2) is 31.6 Å². The molecule has 7 heteroatoms. The minimum absolute atomic E-state index is 0. The zero-order valence-corrected chi connectivity index (χ0v) is 16.1. The van der Waals surface area contributed by atoms with E-state index in [2.05, 4.69) is 10.1 Å². The van der Waals surface area contributed by atoms with Gasteiger partial charge in [0.05, 0.1) is 7.11 Å². The third-order valence-corrected chi connectivity index (χ3v) is 4.80. The van der Waals surface area contributed by atoms with E-state index < -0.39 is 5.97 Å². The average Bonchev–Trinajstić information content (AvgIpc) is 2.67. The molecule has 3 rings (SSSR count). The second-order valence-corrected chi connectivity index (χ2v) is 6.63. The molecule has 0 bridgehead atoms. The normalized spacial score (nSPS) is 19.0. The number of hydrogen-bond donors (Lipinski definition) is 2. The highest BCUT2D eigenvalue weighted by atomic mass is 35.5. The van der Waals surface area contributed by atoms with Crippen molar-refractivity contribution in [3.63, 3.8) is 0 Å². The summed E-state index contributed by atoms with van der Waals surface area (Å²) in [5.74, 6) is 0.0880. The lowest BCUT2D eigenvalue weighted by atomic mass is 9.85. The minimum Gasteiger partial charge on any atom is -0.481 e. The molecular weight excluding hydrogens is 368 g/mol. The van der Waals surface area contributed by atoms with E-state index in [0.29, 0.717) is 5.75 Å². The van der Waals surface area contributed by atoms with Gasteiger partial charge in [-0.2, -0.15) is 0 Å². The Bertz CT molecular complexity index is 812. The Morgan fingerprint density at radius 1 is 1.15 bits per heavy atom.